The highest BCUT2D eigenvalue weighted by Crippen LogP contribution is 2.74. The zero-order valence-electron chi connectivity index (χ0n) is 26.8. The normalized spacial score (nSPS) is 42.0. The van der Waals surface area contributed by atoms with Gasteiger partial charge in [-0.2, -0.15) is 5.26 Å². The molecule has 226 valence electrons. The minimum atomic E-state index is -0.491. The lowest BCUT2D eigenvalue weighted by Gasteiger charge is -2.67. The fraction of sp³-hybridized carbons (Fsp3) is 0.784. The van der Waals surface area contributed by atoms with Crippen molar-refractivity contribution in [2.75, 3.05) is 0 Å². The number of carbonyl (C=O) groups is 1. The summed E-state index contributed by atoms with van der Waals surface area (Å²) >= 11 is 0. The van der Waals surface area contributed by atoms with Crippen LogP contribution in [0.25, 0.3) is 0 Å². The predicted molar refractivity (Wildman–Crippen MR) is 164 cm³/mol. The number of fused-ring (bicyclic) bond motifs is 5. The molecule has 4 fully saturated rings. The van der Waals surface area contributed by atoms with E-state index in [2.05, 4.69) is 54.5 Å². The molecule has 4 nitrogen and oxygen atoms in total. The monoisotopic (exact) mass is 561 g/mol. The summed E-state index contributed by atoms with van der Waals surface area (Å²) in [5.41, 5.74) is -0.136. The second-order valence-corrected chi connectivity index (χ2v) is 16.1. The first kappa shape index (κ1) is 30.6. The molecule has 0 aromatic heterocycles. The van der Waals surface area contributed by atoms with Crippen molar-refractivity contribution in [1.29, 1.82) is 5.26 Å². The smallest absolute Gasteiger partial charge is 0.338 e. The van der Waals surface area contributed by atoms with Gasteiger partial charge in [-0.25, -0.2) is 4.79 Å². The molecule has 0 amide bonds. The highest BCUT2D eigenvalue weighted by atomic mass is 16.5. The number of aliphatic hydroxyl groups is 1. The molecule has 5 rings (SSSR count). The van der Waals surface area contributed by atoms with Gasteiger partial charge in [-0.3, -0.25) is 0 Å². The summed E-state index contributed by atoms with van der Waals surface area (Å²) in [6.45, 7) is 16.4. The maximum absolute atomic E-state index is 13.1. The molecule has 1 aromatic carbocycles. The van der Waals surface area contributed by atoms with Gasteiger partial charge < -0.3 is 9.84 Å². The summed E-state index contributed by atoms with van der Waals surface area (Å²) in [6, 6.07) is 12.3. The van der Waals surface area contributed by atoms with Gasteiger partial charge >= 0.3 is 5.97 Å². The van der Waals surface area contributed by atoms with Crippen molar-refractivity contribution in [1.82, 2.24) is 0 Å². The minimum Gasteiger partial charge on any atom is -0.458 e. The van der Waals surface area contributed by atoms with E-state index < -0.39 is 11.5 Å². The molecule has 0 saturated heterocycles. The molecule has 0 bridgehead atoms. The van der Waals surface area contributed by atoms with Gasteiger partial charge in [-0.05, 0) is 97.5 Å². The lowest BCUT2D eigenvalue weighted by molar-refractivity contribution is -0.225. The highest BCUT2D eigenvalue weighted by molar-refractivity contribution is 5.89. The van der Waals surface area contributed by atoms with Gasteiger partial charge in [0.05, 0.1) is 23.2 Å². The summed E-state index contributed by atoms with van der Waals surface area (Å²) in [6.07, 6.45) is 9.85. The number of hydrogen-bond donors (Lipinski definition) is 1. The fourth-order valence-corrected chi connectivity index (χ4v) is 11.3. The Morgan fingerprint density at radius 1 is 1.02 bits per heavy atom. The van der Waals surface area contributed by atoms with E-state index in [4.69, 9.17) is 4.74 Å². The quantitative estimate of drug-likeness (QED) is 0.338. The second kappa shape index (κ2) is 11.0. The third-order valence-corrected chi connectivity index (χ3v) is 13.5. The van der Waals surface area contributed by atoms with Crippen molar-refractivity contribution in [3.8, 4) is 6.07 Å². The van der Waals surface area contributed by atoms with Crippen LogP contribution in [0.2, 0.25) is 0 Å². The number of esters is 1. The predicted octanol–water partition coefficient (Wildman–Crippen LogP) is 8.83. The molecule has 10 atom stereocenters. The van der Waals surface area contributed by atoms with Crippen LogP contribution in [0.3, 0.4) is 0 Å². The number of nitrogens with zero attached hydrogens (tertiary/aromatic N) is 1. The van der Waals surface area contributed by atoms with Crippen molar-refractivity contribution in [2.24, 2.45) is 57.2 Å². The summed E-state index contributed by atoms with van der Waals surface area (Å²) < 4.78 is 6.20. The fourth-order valence-electron chi connectivity index (χ4n) is 11.3. The molecule has 4 heteroatoms. The zero-order valence-corrected chi connectivity index (χ0v) is 26.8. The van der Waals surface area contributed by atoms with Crippen molar-refractivity contribution in [3.63, 3.8) is 0 Å². The van der Waals surface area contributed by atoms with Gasteiger partial charge in [0.2, 0.25) is 0 Å². The summed E-state index contributed by atoms with van der Waals surface area (Å²) in [4.78, 5) is 13.1. The van der Waals surface area contributed by atoms with Crippen LogP contribution in [-0.2, 0) is 4.74 Å². The first-order chi connectivity index (χ1) is 19.3. The van der Waals surface area contributed by atoms with Crippen LogP contribution in [0.1, 0.15) is 123 Å². The van der Waals surface area contributed by atoms with Gasteiger partial charge in [-0.15, -0.1) is 0 Å². The van der Waals surface area contributed by atoms with Crippen molar-refractivity contribution < 1.29 is 14.6 Å². The Hall–Kier alpha value is -1.86. The van der Waals surface area contributed by atoms with E-state index in [1.807, 2.05) is 30.3 Å². The summed E-state index contributed by atoms with van der Waals surface area (Å²) in [7, 11) is 0. The maximum Gasteiger partial charge on any atom is 0.338 e. The lowest BCUT2D eigenvalue weighted by atomic mass is 9.37. The molecule has 1 aromatic rings. The van der Waals surface area contributed by atoms with E-state index in [0.717, 1.165) is 44.4 Å². The minimum absolute atomic E-state index is 0.0230. The molecule has 0 radical (unpaired) electrons. The standard InChI is InChI=1S/C37H55NO3/c1-24(2)12-11-13-25(3)27-17-21-37(23-38)32-28(16-20-36(27,37)7)35(6)19-18-31(34(4,5)30(35)22-29(32)39)41-33(40)26-14-9-8-10-15-26/h8-10,14-15,24-25,27-32,39H,11-13,16-22H2,1-7H3/t25-,27-,28+,29?,30+,31+,32+,35-,36-,37-/m1/s1. The molecule has 4 aliphatic carbocycles. The maximum atomic E-state index is 13.1. The van der Waals surface area contributed by atoms with E-state index in [-0.39, 0.29) is 40.2 Å². The Morgan fingerprint density at radius 3 is 2.39 bits per heavy atom. The van der Waals surface area contributed by atoms with E-state index in [1.165, 1.54) is 19.3 Å². The van der Waals surface area contributed by atoms with Gasteiger partial charge in [0.25, 0.3) is 0 Å². The second-order valence-electron chi connectivity index (χ2n) is 16.1. The SMILES string of the molecule is CC(C)CCC[C@@H](C)[C@H]1CC[C@@]2(C#N)[C@@H]3C(O)C[C@H]4C(C)(C)[C@@H](OC(=O)c5ccccc5)CC[C@]4(C)[C@H]3CC[C@]12C. The van der Waals surface area contributed by atoms with Crippen LogP contribution in [0.5, 0.6) is 0 Å². The molecule has 0 spiro atoms. The average molecular weight is 562 g/mol. The van der Waals surface area contributed by atoms with Crippen molar-refractivity contribution >= 4 is 5.97 Å². The van der Waals surface area contributed by atoms with Gasteiger partial charge in [0, 0.05) is 11.3 Å². The van der Waals surface area contributed by atoms with Crippen molar-refractivity contribution in [2.45, 2.75) is 125 Å². The van der Waals surface area contributed by atoms with Crippen LogP contribution in [0, 0.1) is 68.5 Å². The Bertz CT molecular complexity index is 1140. The lowest BCUT2D eigenvalue weighted by Crippen LogP contribution is -2.66. The van der Waals surface area contributed by atoms with Crippen LogP contribution in [0.4, 0.5) is 0 Å². The Labute approximate surface area is 249 Å². The number of aliphatic hydroxyl groups excluding tert-OH is 1. The van der Waals surface area contributed by atoms with E-state index in [9.17, 15) is 15.2 Å². The zero-order chi connectivity index (χ0) is 29.8. The van der Waals surface area contributed by atoms with Crippen molar-refractivity contribution in [3.05, 3.63) is 35.9 Å². The first-order valence-corrected chi connectivity index (χ1v) is 16.7. The first-order valence-electron chi connectivity index (χ1n) is 16.7. The number of nitriles is 1. The van der Waals surface area contributed by atoms with Crippen LogP contribution >= 0.6 is 0 Å². The van der Waals surface area contributed by atoms with E-state index >= 15 is 0 Å². The Kier molecular flexibility index (Phi) is 8.21. The number of hydrogen-bond acceptors (Lipinski definition) is 4. The average Bonchev–Trinajstić information content (AvgIpc) is 3.25. The van der Waals surface area contributed by atoms with E-state index in [0.29, 0.717) is 29.7 Å². The molecule has 0 aliphatic heterocycles. The van der Waals surface area contributed by atoms with Gasteiger partial charge in [0.1, 0.15) is 6.10 Å². The topological polar surface area (TPSA) is 70.3 Å². The van der Waals surface area contributed by atoms with Crippen LogP contribution in [-0.4, -0.2) is 23.3 Å². The number of benzene rings is 1. The Balaban J connectivity index is 1.39. The van der Waals surface area contributed by atoms with Gasteiger partial charge in [0.15, 0.2) is 0 Å². The molecule has 1 unspecified atom stereocenters. The third-order valence-electron chi connectivity index (χ3n) is 13.5. The Morgan fingerprint density at radius 2 is 1.73 bits per heavy atom. The number of rotatable bonds is 7. The van der Waals surface area contributed by atoms with Gasteiger partial charge in [-0.1, -0.05) is 85.9 Å². The largest absolute Gasteiger partial charge is 0.458 e. The molecule has 1 N–H and O–H groups in total. The highest BCUT2D eigenvalue weighted by Gasteiger charge is 2.72. The molecular formula is C37H55NO3. The summed E-state index contributed by atoms with van der Waals surface area (Å²) in [5, 5.41) is 23.1. The molecule has 4 aliphatic rings. The summed E-state index contributed by atoms with van der Waals surface area (Å²) in [5.74, 6) is 2.24. The van der Waals surface area contributed by atoms with E-state index in [1.54, 1.807) is 0 Å². The molecule has 0 heterocycles. The number of ether oxygens (including phenoxy) is 1. The molecule has 41 heavy (non-hydrogen) atoms. The number of carbonyl (C=O) groups excluding carboxylic acids is 1. The van der Waals surface area contributed by atoms with Crippen LogP contribution < -0.4 is 0 Å². The third kappa shape index (κ3) is 4.77. The molecule has 4 saturated carbocycles. The van der Waals surface area contributed by atoms with Crippen LogP contribution in [0.15, 0.2) is 30.3 Å². The molecular weight excluding hydrogens is 506 g/mol.